The number of ether oxygens (including phenoxy) is 9. The van der Waals surface area contributed by atoms with Gasteiger partial charge in [0.15, 0.2) is 55.9 Å². The molecule has 0 bridgehead atoms. The first-order valence-electron chi connectivity index (χ1n) is 23.2. The maximum Gasteiger partial charge on any atom is 0.397 e. The van der Waals surface area contributed by atoms with E-state index in [-0.39, 0.29) is 0 Å². The number of carboxylic acid groups (broad SMARTS) is 2. The highest BCUT2D eigenvalue weighted by Crippen LogP contribution is 2.38. The molecule has 0 saturated carbocycles. The first-order valence-corrected chi connectivity index (χ1v) is 34.3. The van der Waals surface area contributed by atoms with Crippen LogP contribution in [0.3, 0.4) is 0 Å². The predicted octanol–water partition coefficient (Wildman–Crippen LogP) is -14.4. The summed E-state index contributed by atoms with van der Waals surface area (Å²) in [7, 11) is -46.4. The van der Waals surface area contributed by atoms with Crippen molar-refractivity contribution < 1.29 is 223 Å². The number of carboxylic acids is 2. The molecule has 1 unspecified atom stereocenters. The smallest absolute Gasteiger partial charge is 0.397 e. The largest absolute Gasteiger partial charge is 0.479 e. The Labute approximate surface area is 502 Å². The molecule has 0 aliphatic carbocycles. The quantitative estimate of drug-likeness (QED) is 0.0309. The van der Waals surface area contributed by atoms with Crippen molar-refractivity contribution in [2.45, 2.75) is 153 Å². The molecule has 52 nitrogen and oxygen atoms in total. The van der Waals surface area contributed by atoms with Gasteiger partial charge >= 0.3 is 94.8 Å². The summed E-state index contributed by atoms with van der Waals surface area (Å²) in [5, 5.41) is 98.5. The Balaban J connectivity index is 1.58. The van der Waals surface area contributed by atoms with Crippen LogP contribution in [-0.2, 0) is 156 Å². The molecular formula is C30H51N3O49S8. The van der Waals surface area contributed by atoms with Gasteiger partial charge in [-0.2, -0.15) is 81.5 Å². The lowest BCUT2D eigenvalue weighted by Crippen LogP contribution is -2.71. The summed E-state index contributed by atoms with van der Waals surface area (Å²) in [6.07, 6.45) is -64.7. The summed E-state index contributed by atoms with van der Waals surface area (Å²) in [4.78, 5) is 25.7. The molecule has 0 aromatic carbocycles. The highest BCUT2D eigenvalue weighted by molar-refractivity contribution is 7.84. The number of aliphatic hydroxyl groups is 7. The van der Waals surface area contributed by atoms with E-state index in [4.69, 9.17) is 51.7 Å². The minimum atomic E-state index is -6.17. The van der Waals surface area contributed by atoms with E-state index >= 15 is 0 Å². The molecule has 20 N–H and O–H groups in total. The second-order valence-electron chi connectivity index (χ2n) is 18.5. The molecular weight excluding hydrogens is 1440 g/mol. The zero-order valence-corrected chi connectivity index (χ0v) is 49.5. The van der Waals surface area contributed by atoms with Gasteiger partial charge in [-0.15, -0.1) is 0 Å². The Hall–Kier alpha value is -2.74. The van der Waals surface area contributed by atoms with Crippen LogP contribution in [0.2, 0.25) is 0 Å². The standard InChI is InChI=1S/C30H51N3O49S8/c34-10-4(1-69-86(54,55)56)73-27(8(11(10)35)32-84(48,49)50)77-18-14(38)21(82-90(66,67)68)30(80-22(18)24(40)41)76-17-6(3-71-88(60,61)62)74-28(9(13(17)37)33-85(51,52)53)78-19-15(39)20(81-89(63,64)65)29(79-23(19)25(42)43)75-16-5(2-70-87(57,58)59)72-26(44)7(12(16)36)31-83(45,46)47/h4-23,26-39,44H,1-3H2,(H,40,41)(H,42,43)(H,45,46,47)(H,48,49,50)(H,51,52,53)(H,54,55,56)(H,57,58,59)(H,60,61,62)(H,63,64,65)(H,66,67,68)/t4-,5+,6+,7-,8+,9-,10-,11+,12-,13-,14?,15+,16-,17+,18-,19-,20-,21+,22+,23+,26+,27-,28+,29+,30+/m0/s1. The molecule has 0 aromatic heterocycles. The van der Waals surface area contributed by atoms with E-state index in [2.05, 4.69) is 20.9 Å². The lowest BCUT2D eigenvalue weighted by Gasteiger charge is -2.50. The van der Waals surface area contributed by atoms with E-state index in [1.165, 1.54) is 9.44 Å². The molecule has 5 rings (SSSR count). The van der Waals surface area contributed by atoms with Crippen LogP contribution in [0.25, 0.3) is 0 Å². The van der Waals surface area contributed by atoms with Gasteiger partial charge in [-0.3, -0.25) is 36.4 Å². The third-order valence-corrected chi connectivity index (χ3v) is 16.2. The van der Waals surface area contributed by atoms with Crippen LogP contribution in [0.4, 0.5) is 0 Å². The summed E-state index contributed by atoms with van der Waals surface area (Å²) in [5.74, 6) is -4.94. The molecule has 90 heavy (non-hydrogen) atoms. The Morgan fingerprint density at radius 3 is 0.967 bits per heavy atom. The fourth-order valence-corrected chi connectivity index (χ4v) is 12.5. The van der Waals surface area contributed by atoms with Crippen LogP contribution < -0.4 is 14.2 Å². The van der Waals surface area contributed by atoms with Crippen molar-refractivity contribution in [2.24, 2.45) is 0 Å². The van der Waals surface area contributed by atoms with Gasteiger partial charge < -0.3 is 88.6 Å². The van der Waals surface area contributed by atoms with E-state index in [0.29, 0.717) is 0 Å². The topological polar surface area (TPSA) is 816 Å². The van der Waals surface area contributed by atoms with Crippen molar-refractivity contribution in [1.82, 2.24) is 14.2 Å². The van der Waals surface area contributed by atoms with Gasteiger partial charge in [0.1, 0.15) is 97.5 Å². The van der Waals surface area contributed by atoms with Gasteiger partial charge in [0, 0.05) is 0 Å². The van der Waals surface area contributed by atoms with Crippen LogP contribution >= 0.6 is 0 Å². The summed E-state index contributed by atoms with van der Waals surface area (Å²) in [6.45, 7) is -5.11. The van der Waals surface area contributed by atoms with Crippen LogP contribution in [0.5, 0.6) is 0 Å². The second-order valence-corrected chi connectivity index (χ2v) is 27.4. The van der Waals surface area contributed by atoms with Crippen molar-refractivity contribution in [3.63, 3.8) is 0 Å². The Morgan fingerprint density at radius 1 is 0.333 bits per heavy atom. The van der Waals surface area contributed by atoms with Gasteiger partial charge in [0.05, 0.1) is 19.8 Å². The number of hydrogen-bond acceptors (Lipinski definition) is 39. The lowest BCUT2D eigenvalue weighted by molar-refractivity contribution is -0.372. The minimum Gasteiger partial charge on any atom is -0.479 e. The van der Waals surface area contributed by atoms with E-state index in [1.807, 2.05) is 0 Å². The fraction of sp³-hybridized carbons (Fsp3) is 0.933. The van der Waals surface area contributed by atoms with E-state index in [9.17, 15) is 150 Å². The highest BCUT2D eigenvalue weighted by Gasteiger charge is 2.61. The Kier molecular flexibility index (Phi) is 25.4. The molecule has 5 aliphatic heterocycles. The molecule has 5 fully saturated rings. The zero-order valence-electron chi connectivity index (χ0n) is 43.0. The number of aliphatic carboxylic acids is 2. The molecule has 0 radical (unpaired) electrons. The first kappa shape index (κ1) is 78.0. The number of hydrogen-bond donors (Lipinski definition) is 20. The summed E-state index contributed by atoms with van der Waals surface area (Å²) in [6, 6.07) is -8.27. The maximum atomic E-state index is 12.9. The summed E-state index contributed by atoms with van der Waals surface area (Å²) in [5.41, 5.74) is 0. The van der Waals surface area contributed by atoms with Crippen LogP contribution in [0, 0.1) is 0 Å². The number of carbonyl (C=O) groups is 2. The Bertz CT molecular complexity index is 3460. The van der Waals surface area contributed by atoms with Gasteiger partial charge in [-0.1, -0.05) is 0 Å². The molecule has 528 valence electrons. The van der Waals surface area contributed by atoms with Crippen LogP contribution in [-0.4, -0.2) is 335 Å². The molecule has 25 atom stereocenters. The minimum absolute atomic E-state index is 1.15. The number of rotatable bonds is 29. The first-order chi connectivity index (χ1) is 40.6. The Morgan fingerprint density at radius 2 is 0.633 bits per heavy atom. The predicted molar refractivity (Wildman–Crippen MR) is 257 cm³/mol. The fourth-order valence-electron chi connectivity index (χ4n) is 8.79. The van der Waals surface area contributed by atoms with E-state index in [1.54, 1.807) is 0 Å². The van der Waals surface area contributed by atoms with Gasteiger partial charge in [0.25, 0.3) is 0 Å². The third-order valence-electron chi connectivity index (χ3n) is 12.2. The molecule has 0 amide bonds. The van der Waals surface area contributed by atoms with E-state index < -0.39 is 268 Å². The molecule has 5 aliphatic rings. The third kappa shape index (κ3) is 22.4. The van der Waals surface area contributed by atoms with Crippen molar-refractivity contribution in [2.75, 3.05) is 19.8 Å². The van der Waals surface area contributed by atoms with Crippen molar-refractivity contribution >= 4 is 94.8 Å². The highest BCUT2D eigenvalue weighted by atomic mass is 32.3. The monoisotopic (exact) mass is 1490 g/mol. The molecule has 60 heteroatoms. The average Bonchev–Trinajstić information content (AvgIpc) is 0.802. The molecule has 5 saturated heterocycles. The average molecular weight is 1490 g/mol. The number of aliphatic hydroxyl groups excluding tert-OH is 7. The van der Waals surface area contributed by atoms with Crippen LogP contribution in [0.1, 0.15) is 0 Å². The van der Waals surface area contributed by atoms with Crippen LogP contribution in [0.15, 0.2) is 0 Å². The summed E-state index contributed by atoms with van der Waals surface area (Å²) >= 11 is 0. The van der Waals surface area contributed by atoms with Crippen molar-refractivity contribution in [3.05, 3.63) is 0 Å². The maximum absolute atomic E-state index is 12.9. The molecule has 5 heterocycles. The summed E-state index contributed by atoms with van der Waals surface area (Å²) < 4.78 is 338. The molecule has 0 spiro atoms. The normalized spacial score (nSPS) is 38.9. The van der Waals surface area contributed by atoms with Crippen molar-refractivity contribution in [1.29, 1.82) is 0 Å². The lowest BCUT2D eigenvalue weighted by atomic mass is 9.94. The zero-order chi connectivity index (χ0) is 68.7. The molecule has 0 aromatic rings. The second kappa shape index (κ2) is 29.3. The van der Waals surface area contributed by atoms with E-state index in [0.717, 1.165) is 4.72 Å². The van der Waals surface area contributed by atoms with Gasteiger partial charge in [-0.05, 0) is 0 Å². The van der Waals surface area contributed by atoms with Gasteiger partial charge in [0.2, 0.25) is 0 Å². The number of nitrogens with one attached hydrogen (secondary N) is 3. The SMILES string of the molecule is O=C(O)[C@@H]1O[C@@H](O[C@@H]2[C@@H](O)[C@H](NS(=O)(=O)O)[C@H](O)O[C@@H]2COS(=O)(=O)O)[C@@H](OS(=O)(=O)O)[C@H](O)[C@@H]1O[C@H]1O[C@H](COS(=O)(=O)O)[C@@H](O[C@@H]2O[C@@H](C(=O)O)[C@@H](O[C@@H]3O[C@@H](COS(=O)(=O)O)[C@H](O)[C@H](O)[C@H]3NS(=O)(=O)O)C(O)[C@H]2OS(=O)(=O)O)[C@@H](O)[C@@H]1NS(=O)(=O)O. The van der Waals surface area contributed by atoms with Crippen molar-refractivity contribution in [3.8, 4) is 0 Å². The van der Waals surface area contributed by atoms with Gasteiger partial charge in [-0.25, -0.2) is 30.5 Å².